The number of rotatable bonds is 4. The number of aromatic nitrogens is 3. The van der Waals surface area contributed by atoms with Crippen LogP contribution in [-0.4, -0.2) is 14.8 Å². The van der Waals surface area contributed by atoms with E-state index in [4.69, 9.17) is 21.7 Å². The summed E-state index contributed by atoms with van der Waals surface area (Å²) in [5.41, 5.74) is 5.89. The molecule has 2 heterocycles. The minimum atomic E-state index is 0.710. The Balaban J connectivity index is 1.64. The highest BCUT2D eigenvalue weighted by molar-refractivity contribution is 9.10. The average molecular weight is 572 g/mol. The fourth-order valence-corrected chi connectivity index (χ4v) is 5.00. The first-order valence-corrected chi connectivity index (χ1v) is 12.2. The summed E-state index contributed by atoms with van der Waals surface area (Å²) in [6.45, 7) is 0. The van der Waals surface area contributed by atoms with Gasteiger partial charge >= 0.3 is 0 Å². The van der Waals surface area contributed by atoms with Gasteiger partial charge in [-0.3, -0.25) is 0 Å². The number of thiazole rings is 1. The van der Waals surface area contributed by atoms with E-state index in [2.05, 4.69) is 62.2 Å². The lowest BCUT2D eigenvalue weighted by Crippen LogP contribution is -1.99. The molecule has 0 saturated heterocycles. The first-order chi connectivity index (χ1) is 15.1. The van der Waals surface area contributed by atoms with Gasteiger partial charge in [0.2, 0.25) is 5.13 Å². The van der Waals surface area contributed by atoms with Crippen molar-refractivity contribution in [2.75, 3.05) is 0 Å². The van der Waals surface area contributed by atoms with Crippen molar-refractivity contribution in [2.45, 2.75) is 0 Å². The summed E-state index contributed by atoms with van der Waals surface area (Å²) in [7, 11) is 0. The summed E-state index contributed by atoms with van der Waals surface area (Å²) in [5, 5.41) is 8.49. The Bertz CT molecular complexity index is 1380. The van der Waals surface area contributed by atoms with Gasteiger partial charge in [0.15, 0.2) is 0 Å². The second kappa shape index (κ2) is 8.71. The standard InChI is InChI=1S/C24H14Br2ClN3S/c25-18-5-1-3-16(11-18)21-13-23(17-4-2-6-19(26)12-17)30(29-21)24-28-22(14-31-24)15-7-9-20(27)10-8-15/h1-14H. The molecule has 5 aromatic rings. The van der Waals surface area contributed by atoms with E-state index < -0.39 is 0 Å². The molecule has 0 unspecified atom stereocenters. The molecular weight excluding hydrogens is 558 g/mol. The molecule has 0 amide bonds. The fraction of sp³-hybridized carbons (Fsp3) is 0. The van der Waals surface area contributed by atoms with Gasteiger partial charge in [-0.05, 0) is 42.5 Å². The van der Waals surface area contributed by atoms with E-state index in [1.54, 1.807) is 11.3 Å². The number of nitrogens with zero attached hydrogens (tertiary/aromatic N) is 3. The highest BCUT2D eigenvalue weighted by Gasteiger charge is 2.16. The Morgan fingerprint density at radius 3 is 2.13 bits per heavy atom. The van der Waals surface area contributed by atoms with Gasteiger partial charge in [0.25, 0.3) is 0 Å². The molecule has 0 spiro atoms. The molecule has 152 valence electrons. The molecule has 3 nitrogen and oxygen atoms in total. The molecule has 0 atom stereocenters. The summed E-state index contributed by atoms with van der Waals surface area (Å²) in [6, 6.07) is 26.2. The van der Waals surface area contributed by atoms with E-state index in [0.717, 1.165) is 47.8 Å². The molecule has 0 aliphatic rings. The van der Waals surface area contributed by atoms with Gasteiger partial charge in [-0.2, -0.15) is 5.10 Å². The van der Waals surface area contributed by atoms with E-state index in [0.29, 0.717) is 5.02 Å². The van der Waals surface area contributed by atoms with Crippen molar-refractivity contribution in [3.63, 3.8) is 0 Å². The maximum atomic E-state index is 6.03. The molecule has 0 N–H and O–H groups in total. The van der Waals surface area contributed by atoms with Crippen molar-refractivity contribution in [3.8, 4) is 38.9 Å². The van der Waals surface area contributed by atoms with E-state index in [9.17, 15) is 0 Å². The van der Waals surface area contributed by atoms with E-state index in [-0.39, 0.29) is 0 Å². The van der Waals surface area contributed by atoms with Crippen LogP contribution in [0.15, 0.2) is 93.2 Å². The molecule has 0 fully saturated rings. The number of benzene rings is 3. The van der Waals surface area contributed by atoms with E-state index in [1.165, 1.54) is 0 Å². The Morgan fingerprint density at radius 2 is 1.42 bits per heavy atom. The normalized spacial score (nSPS) is 11.1. The second-order valence-electron chi connectivity index (χ2n) is 6.87. The first-order valence-electron chi connectivity index (χ1n) is 9.40. The zero-order valence-electron chi connectivity index (χ0n) is 16.0. The van der Waals surface area contributed by atoms with E-state index >= 15 is 0 Å². The number of hydrogen-bond donors (Lipinski definition) is 0. The maximum absolute atomic E-state index is 6.03. The van der Waals surface area contributed by atoms with Crippen LogP contribution in [0, 0.1) is 0 Å². The third-order valence-corrected chi connectivity index (χ3v) is 6.82. The monoisotopic (exact) mass is 569 g/mol. The second-order valence-corrected chi connectivity index (χ2v) is 9.97. The van der Waals surface area contributed by atoms with Crippen LogP contribution in [0.2, 0.25) is 5.02 Å². The lowest BCUT2D eigenvalue weighted by atomic mass is 10.1. The molecule has 7 heteroatoms. The highest BCUT2D eigenvalue weighted by atomic mass is 79.9. The van der Waals surface area contributed by atoms with Crippen LogP contribution >= 0.6 is 54.8 Å². The fourth-order valence-electron chi connectivity index (χ4n) is 3.28. The Hall–Kier alpha value is -2.25. The predicted molar refractivity (Wildman–Crippen MR) is 136 cm³/mol. The average Bonchev–Trinajstić information content (AvgIpc) is 3.42. The van der Waals surface area contributed by atoms with Crippen molar-refractivity contribution in [3.05, 3.63) is 98.2 Å². The Kier molecular flexibility index (Phi) is 5.80. The van der Waals surface area contributed by atoms with Crippen LogP contribution in [0.1, 0.15) is 0 Å². The molecule has 3 aromatic carbocycles. The van der Waals surface area contributed by atoms with Gasteiger partial charge in [-0.15, -0.1) is 11.3 Å². The third-order valence-electron chi connectivity index (χ3n) is 4.76. The predicted octanol–water partition coefficient (Wildman–Crippen LogP) is 8.51. The molecule has 0 bridgehead atoms. The van der Waals surface area contributed by atoms with Crippen LogP contribution in [-0.2, 0) is 0 Å². The smallest absolute Gasteiger partial charge is 0.211 e. The first kappa shape index (κ1) is 20.6. The molecule has 31 heavy (non-hydrogen) atoms. The van der Waals surface area contributed by atoms with Gasteiger partial charge < -0.3 is 0 Å². The summed E-state index contributed by atoms with van der Waals surface area (Å²) in [5.74, 6) is 0. The van der Waals surface area contributed by atoms with Crippen molar-refractivity contribution >= 4 is 54.8 Å². The molecule has 0 radical (unpaired) electrons. The summed E-state index contributed by atoms with van der Waals surface area (Å²) < 4.78 is 3.95. The van der Waals surface area contributed by atoms with Gasteiger partial charge in [-0.25, -0.2) is 9.67 Å². The minimum Gasteiger partial charge on any atom is -0.218 e. The topological polar surface area (TPSA) is 30.7 Å². The van der Waals surface area contributed by atoms with Crippen molar-refractivity contribution in [1.29, 1.82) is 0 Å². The Labute approximate surface area is 205 Å². The molecule has 2 aromatic heterocycles. The van der Waals surface area contributed by atoms with Crippen LogP contribution in [0.3, 0.4) is 0 Å². The van der Waals surface area contributed by atoms with Gasteiger partial charge in [0.1, 0.15) is 0 Å². The van der Waals surface area contributed by atoms with Crippen LogP contribution in [0.25, 0.3) is 38.9 Å². The molecule has 0 aliphatic heterocycles. The van der Waals surface area contributed by atoms with Crippen molar-refractivity contribution in [1.82, 2.24) is 14.8 Å². The lowest BCUT2D eigenvalue weighted by Gasteiger charge is -2.04. The summed E-state index contributed by atoms with van der Waals surface area (Å²) in [6.07, 6.45) is 0. The number of halogens is 3. The molecule has 5 rings (SSSR count). The van der Waals surface area contributed by atoms with Crippen LogP contribution in [0.4, 0.5) is 0 Å². The van der Waals surface area contributed by atoms with Crippen molar-refractivity contribution < 1.29 is 0 Å². The quantitative estimate of drug-likeness (QED) is 0.217. The molecule has 0 aliphatic carbocycles. The Morgan fingerprint density at radius 1 is 0.742 bits per heavy atom. The van der Waals surface area contributed by atoms with Crippen LogP contribution in [0.5, 0.6) is 0 Å². The van der Waals surface area contributed by atoms with Gasteiger partial charge in [0.05, 0.1) is 17.1 Å². The van der Waals surface area contributed by atoms with Crippen molar-refractivity contribution in [2.24, 2.45) is 0 Å². The zero-order chi connectivity index (χ0) is 21.4. The SMILES string of the molecule is Clc1ccc(-c2csc(-n3nc(-c4cccc(Br)c4)cc3-c3cccc(Br)c3)n2)cc1. The molecule has 0 saturated carbocycles. The third kappa shape index (κ3) is 4.39. The summed E-state index contributed by atoms with van der Waals surface area (Å²) >= 11 is 14.7. The lowest BCUT2D eigenvalue weighted by molar-refractivity contribution is 0.881. The minimum absolute atomic E-state index is 0.710. The van der Waals surface area contributed by atoms with Gasteiger partial charge in [-0.1, -0.05) is 79.9 Å². The van der Waals surface area contributed by atoms with Gasteiger partial charge in [0, 0.05) is 36.0 Å². The summed E-state index contributed by atoms with van der Waals surface area (Å²) in [4.78, 5) is 4.87. The van der Waals surface area contributed by atoms with Crippen LogP contribution < -0.4 is 0 Å². The zero-order valence-corrected chi connectivity index (χ0v) is 20.7. The maximum Gasteiger partial charge on any atom is 0.211 e. The largest absolute Gasteiger partial charge is 0.218 e. The number of hydrogen-bond acceptors (Lipinski definition) is 3. The highest BCUT2D eigenvalue weighted by Crippen LogP contribution is 2.33. The van der Waals surface area contributed by atoms with E-state index in [1.807, 2.05) is 58.6 Å². The molecular formula is C24H14Br2ClN3S.